The minimum absolute atomic E-state index is 0.0832. The van der Waals surface area contributed by atoms with E-state index in [9.17, 15) is 4.79 Å². The van der Waals surface area contributed by atoms with Crippen LogP contribution in [0.15, 0.2) is 59.9 Å². The van der Waals surface area contributed by atoms with Crippen molar-refractivity contribution in [1.29, 1.82) is 0 Å². The minimum Gasteiger partial charge on any atom is -0.481 e. The van der Waals surface area contributed by atoms with Crippen molar-refractivity contribution < 1.29 is 9.53 Å². The first-order valence-electron chi connectivity index (χ1n) is 8.34. The van der Waals surface area contributed by atoms with Gasteiger partial charge < -0.3 is 4.74 Å². The molecule has 1 aliphatic heterocycles. The number of rotatable bonds is 3. The van der Waals surface area contributed by atoms with Gasteiger partial charge in [0.05, 0.1) is 5.41 Å². The highest BCUT2D eigenvalue weighted by molar-refractivity contribution is 6.30. The number of hydrogen-bond donors (Lipinski definition) is 0. The first-order chi connectivity index (χ1) is 11.9. The van der Waals surface area contributed by atoms with Crippen LogP contribution in [0.25, 0.3) is 0 Å². The fourth-order valence-corrected chi connectivity index (χ4v) is 4.66. The summed E-state index contributed by atoms with van der Waals surface area (Å²) in [6.45, 7) is 3.52. The van der Waals surface area contributed by atoms with E-state index in [1.54, 1.807) is 6.92 Å². The van der Waals surface area contributed by atoms with Gasteiger partial charge >= 0.3 is 0 Å². The van der Waals surface area contributed by atoms with Crippen molar-refractivity contribution in [1.82, 2.24) is 0 Å². The Balaban J connectivity index is 1.98. The van der Waals surface area contributed by atoms with Crippen molar-refractivity contribution in [2.24, 2.45) is 5.41 Å². The Morgan fingerprint density at radius 2 is 1.36 bits per heavy atom. The van der Waals surface area contributed by atoms with Crippen LogP contribution in [-0.2, 0) is 15.1 Å². The van der Waals surface area contributed by atoms with E-state index in [1.807, 2.05) is 55.5 Å². The first kappa shape index (κ1) is 16.7. The number of halogens is 2. The molecule has 0 bridgehead atoms. The number of benzene rings is 2. The predicted octanol–water partition coefficient (Wildman–Crippen LogP) is 5.91. The van der Waals surface area contributed by atoms with Crippen LogP contribution < -0.4 is 0 Å². The summed E-state index contributed by atoms with van der Waals surface area (Å²) in [7, 11) is 0. The van der Waals surface area contributed by atoms with Crippen molar-refractivity contribution >= 4 is 29.0 Å². The molecule has 128 valence electrons. The van der Waals surface area contributed by atoms with Gasteiger partial charge in [0, 0.05) is 26.7 Å². The Kier molecular flexibility index (Phi) is 3.75. The van der Waals surface area contributed by atoms with Gasteiger partial charge in [-0.2, -0.15) is 0 Å². The van der Waals surface area contributed by atoms with Crippen molar-refractivity contribution in [2.45, 2.75) is 32.3 Å². The number of allylic oxidation sites excluding steroid dienone is 1. The molecule has 0 atom stereocenters. The fraction of sp³-hybridized carbons (Fsp3) is 0.286. The predicted molar refractivity (Wildman–Crippen MR) is 99.8 cm³/mol. The molecule has 0 radical (unpaired) electrons. The topological polar surface area (TPSA) is 26.3 Å². The number of ether oxygens (including phenoxy) is 1. The third kappa shape index (κ3) is 2.28. The van der Waals surface area contributed by atoms with E-state index in [0.717, 1.165) is 35.3 Å². The SMILES string of the molecule is CC(=O)C1=C(C)OC(c2ccc(Cl)cc2)(c2ccc(Cl)cc2)C12CC2. The molecule has 2 nitrogen and oxygen atoms in total. The van der Waals surface area contributed by atoms with Crippen LogP contribution in [-0.4, -0.2) is 5.78 Å². The monoisotopic (exact) mass is 372 g/mol. The minimum atomic E-state index is -0.715. The van der Waals surface area contributed by atoms with E-state index < -0.39 is 5.60 Å². The van der Waals surface area contributed by atoms with Gasteiger partial charge in [-0.1, -0.05) is 47.5 Å². The quantitative estimate of drug-likeness (QED) is 0.669. The van der Waals surface area contributed by atoms with Crippen LogP contribution in [0.1, 0.15) is 37.8 Å². The molecule has 0 N–H and O–H groups in total. The smallest absolute Gasteiger partial charge is 0.168 e. The van der Waals surface area contributed by atoms with Crippen LogP contribution in [0.2, 0.25) is 10.0 Å². The molecule has 4 heteroatoms. The largest absolute Gasteiger partial charge is 0.481 e. The van der Waals surface area contributed by atoms with E-state index in [0.29, 0.717) is 10.0 Å². The number of hydrogen-bond acceptors (Lipinski definition) is 2. The van der Waals surface area contributed by atoms with Gasteiger partial charge in [0.2, 0.25) is 0 Å². The molecule has 2 aliphatic rings. The summed E-state index contributed by atoms with van der Waals surface area (Å²) in [5.74, 6) is 0.801. The van der Waals surface area contributed by atoms with E-state index in [2.05, 4.69) is 0 Å². The maximum Gasteiger partial charge on any atom is 0.168 e. The van der Waals surface area contributed by atoms with Crippen molar-refractivity contribution in [3.05, 3.63) is 81.0 Å². The van der Waals surface area contributed by atoms with E-state index in [1.165, 1.54) is 0 Å². The lowest BCUT2D eigenvalue weighted by molar-refractivity contribution is -0.114. The summed E-state index contributed by atoms with van der Waals surface area (Å²) >= 11 is 12.2. The van der Waals surface area contributed by atoms with Gasteiger partial charge in [-0.25, -0.2) is 0 Å². The highest BCUT2D eigenvalue weighted by Crippen LogP contribution is 2.71. The fourth-order valence-electron chi connectivity index (χ4n) is 4.41. The van der Waals surface area contributed by atoms with Gasteiger partial charge in [0.15, 0.2) is 11.4 Å². The summed E-state index contributed by atoms with van der Waals surface area (Å²) in [5, 5.41) is 1.35. The lowest BCUT2D eigenvalue weighted by Gasteiger charge is -2.37. The third-order valence-electron chi connectivity index (χ3n) is 5.41. The number of ketones is 1. The Morgan fingerprint density at radius 3 is 1.72 bits per heavy atom. The van der Waals surface area contributed by atoms with Crippen molar-refractivity contribution in [3.63, 3.8) is 0 Å². The van der Waals surface area contributed by atoms with E-state index in [-0.39, 0.29) is 11.2 Å². The normalized spacial score (nSPS) is 19.8. The number of carbonyl (C=O) groups excluding carboxylic acids is 1. The van der Waals surface area contributed by atoms with Crippen molar-refractivity contribution in [2.75, 3.05) is 0 Å². The lowest BCUT2D eigenvalue weighted by Crippen LogP contribution is -2.38. The molecule has 1 aliphatic carbocycles. The third-order valence-corrected chi connectivity index (χ3v) is 5.92. The molecule has 0 unspecified atom stereocenters. The summed E-state index contributed by atoms with van der Waals surface area (Å²) < 4.78 is 6.53. The van der Waals surface area contributed by atoms with Crippen LogP contribution >= 0.6 is 23.2 Å². The molecule has 1 saturated carbocycles. The molecule has 0 saturated heterocycles. The molecule has 0 amide bonds. The Labute approximate surface area is 157 Å². The second-order valence-electron chi connectivity index (χ2n) is 6.87. The maximum absolute atomic E-state index is 12.4. The Bertz CT molecular complexity index is 830. The van der Waals surface area contributed by atoms with Gasteiger partial charge in [0.1, 0.15) is 5.76 Å². The zero-order chi connectivity index (χ0) is 17.8. The molecular weight excluding hydrogens is 355 g/mol. The number of carbonyl (C=O) groups is 1. The molecule has 1 fully saturated rings. The molecule has 0 aromatic heterocycles. The first-order valence-corrected chi connectivity index (χ1v) is 9.10. The average molecular weight is 373 g/mol. The molecule has 1 spiro atoms. The molecule has 4 rings (SSSR count). The van der Waals surface area contributed by atoms with Crippen molar-refractivity contribution in [3.8, 4) is 0 Å². The standard InChI is InChI=1S/C21H18Cl2O2/c1-13(24)19-14(2)25-21(20(19)11-12-20,15-3-7-17(22)8-4-15)16-5-9-18(23)10-6-16/h3-10H,11-12H2,1-2H3. The Hall–Kier alpha value is -1.77. The zero-order valence-corrected chi connectivity index (χ0v) is 15.6. The lowest BCUT2D eigenvalue weighted by atomic mass is 9.70. The Morgan fingerprint density at radius 1 is 0.920 bits per heavy atom. The highest BCUT2D eigenvalue weighted by Gasteiger charge is 2.69. The summed E-state index contributed by atoms with van der Waals surface area (Å²) in [4.78, 5) is 12.4. The molecular formula is C21H18Cl2O2. The second-order valence-corrected chi connectivity index (χ2v) is 7.74. The molecule has 1 heterocycles. The summed E-state index contributed by atoms with van der Waals surface area (Å²) in [5.41, 5.74) is 1.80. The summed E-state index contributed by atoms with van der Waals surface area (Å²) in [6.07, 6.45) is 1.84. The van der Waals surface area contributed by atoms with Gasteiger partial charge in [-0.15, -0.1) is 0 Å². The second kappa shape index (κ2) is 5.62. The zero-order valence-electron chi connectivity index (χ0n) is 14.1. The molecule has 25 heavy (non-hydrogen) atoms. The maximum atomic E-state index is 12.4. The van der Waals surface area contributed by atoms with Crippen LogP contribution in [0.4, 0.5) is 0 Å². The van der Waals surface area contributed by atoms with E-state index >= 15 is 0 Å². The number of Topliss-reactive ketones (excluding diaryl/α,β-unsaturated/α-hetero) is 1. The summed E-state index contributed by atoms with van der Waals surface area (Å²) in [6, 6.07) is 15.5. The van der Waals surface area contributed by atoms with Crippen LogP contribution in [0.5, 0.6) is 0 Å². The van der Waals surface area contributed by atoms with Gasteiger partial charge in [-0.3, -0.25) is 4.79 Å². The van der Waals surface area contributed by atoms with Crippen LogP contribution in [0, 0.1) is 5.41 Å². The molecule has 2 aromatic rings. The highest BCUT2D eigenvalue weighted by atomic mass is 35.5. The van der Waals surface area contributed by atoms with Gasteiger partial charge in [0.25, 0.3) is 0 Å². The average Bonchev–Trinajstić information content (AvgIpc) is 3.30. The van der Waals surface area contributed by atoms with Crippen LogP contribution in [0.3, 0.4) is 0 Å². The van der Waals surface area contributed by atoms with Gasteiger partial charge in [-0.05, 0) is 51.0 Å². The van der Waals surface area contributed by atoms with E-state index in [4.69, 9.17) is 27.9 Å². The molecule has 2 aromatic carbocycles.